The lowest BCUT2D eigenvalue weighted by Crippen LogP contribution is -2.55. The Bertz CT molecular complexity index is 1140. The molecule has 8 nitrogen and oxygen atoms in total. The average molecular weight is 696 g/mol. The van der Waals surface area contributed by atoms with E-state index in [0.29, 0.717) is 12.8 Å². The summed E-state index contributed by atoms with van der Waals surface area (Å²) in [5.74, 6) is -1.96. The molecule has 0 heterocycles. The zero-order valence-electron chi connectivity index (χ0n) is 31.5. The number of carboxylic acid groups (broad SMARTS) is 1. The molecule has 50 heavy (non-hydrogen) atoms. The van der Waals surface area contributed by atoms with Gasteiger partial charge in [0, 0.05) is 19.3 Å². The van der Waals surface area contributed by atoms with Crippen LogP contribution in [0.25, 0.3) is 0 Å². The van der Waals surface area contributed by atoms with Crippen LogP contribution in [0.15, 0.2) is 97.2 Å². The molecule has 0 amide bonds. The van der Waals surface area contributed by atoms with Crippen molar-refractivity contribution in [3.63, 3.8) is 0 Å². The Hall–Kier alpha value is -3.75. The van der Waals surface area contributed by atoms with Crippen molar-refractivity contribution < 1.29 is 38.2 Å². The van der Waals surface area contributed by atoms with Gasteiger partial charge in [0.15, 0.2) is 6.10 Å². The zero-order valence-corrected chi connectivity index (χ0v) is 31.5. The van der Waals surface area contributed by atoms with Crippen molar-refractivity contribution in [2.75, 3.05) is 41.0 Å². The van der Waals surface area contributed by atoms with Crippen molar-refractivity contribution in [1.29, 1.82) is 0 Å². The number of likely N-dealkylation sites (N-methyl/N-ethyl adjacent to an activating group) is 1. The number of carbonyl (C=O) groups excluding carboxylic acids is 3. The number of quaternary nitrogens is 1. The van der Waals surface area contributed by atoms with Crippen molar-refractivity contribution in [2.45, 2.75) is 109 Å². The molecule has 0 radical (unpaired) electrons. The number of rotatable bonds is 30. The Balaban J connectivity index is 4.69. The van der Waals surface area contributed by atoms with Crippen LogP contribution in [0.5, 0.6) is 0 Å². The van der Waals surface area contributed by atoms with Gasteiger partial charge in [0.2, 0.25) is 0 Å². The summed E-state index contributed by atoms with van der Waals surface area (Å²) >= 11 is 0. The van der Waals surface area contributed by atoms with E-state index < -0.39 is 30.1 Å². The smallest absolute Gasteiger partial charge is 0.306 e. The topological polar surface area (TPSA) is 102 Å². The summed E-state index contributed by atoms with van der Waals surface area (Å²) in [6.07, 6.45) is 41.9. The first-order chi connectivity index (χ1) is 24.1. The minimum Gasteiger partial charge on any atom is -0.544 e. The first-order valence-corrected chi connectivity index (χ1v) is 18.3. The molecule has 0 aromatic heterocycles. The lowest BCUT2D eigenvalue weighted by atomic mass is 10.1. The monoisotopic (exact) mass is 695 g/mol. The molecular weight excluding hydrogens is 630 g/mol. The summed E-state index contributed by atoms with van der Waals surface area (Å²) in [6.45, 7) is 4.22. The standard InChI is InChI=1S/C42H65NO7/c1-6-8-10-12-14-16-18-20-22-24-26-28-30-32-40(44)49-37-38(36-48-35-34-39(42(46)47)43(3,4)5)50-41(45)33-31-29-27-25-23-21-19-17-15-13-11-9-7-2/h8-11,14-17,20-23,26-29,38-39H,6-7,12-13,18-19,24-25,30-37H2,1-5H3/b10-8-,11-9-,16-14-,17-15-,22-20-,23-21-,28-26-,29-27-. The van der Waals surface area contributed by atoms with Crippen LogP contribution in [0.2, 0.25) is 0 Å². The lowest BCUT2D eigenvalue weighted by molar-refractivity contribution is -0.889. The highest BCUT2D eigenvalue weighted by Gasteiger charge is 2.25. The third-order valence-corrected chi connectivity index (χ3v) is 7.24. The highest BCUT2D eigenvalue weighted by Crippen LogP contribution is 2.09. The molecule has 8 heteroatoms. The van der Waals surface area contributed by atoms with Crippen molar-refractivity contribution in [1.82, 2.24) is 0 Å². The predicted molar refractivity (Wildman–Crippen MR) is 203 cm³/mol. The molecule has 0 aromatic carbocycles. The molecule has 0 bridgehead atoms. The molecule has 2 atom stereocenters. The third-order valence-electron chi connectivity index (χ3n) is 7.24. The van der Waals surface area contributed by atoms with Gasteiger partial charge in [-0.15, -0.1) is 0 Å². The molecule has 0 saturated carbocycles. The van der Waals surface area contributed by atoms with Gasteiger partial charge in [0.25, 0.3) is 0 Å². The summed E-state index contributed by atoms with van der Waals surface area (Å²) < 4.78 is 16.9. The molecule has 2 unspecified atom stereocenters. The highest BCUT2D eigenvalue weighted by molar-refractivity contribution is 5.70. The molecule has 0 spiro atoms. The van der Waals surface area contributed by atoms with Gasteiger partial charge in [-0.05, 0) is 64.2 Å². The Morgan fingerprint density at radius 2 is 0.980 bits per heavy atom. The molecule has 0 fully saturated rings. The maximum Gasteiger partial charge on any atom is 0.306 e. The van der Waals surface area contributed by atoms with Crippen LogP contribution in [-0.2, 0) is 28.6 Å². The highest BCUT2D eigenvalue weighted by atomic mass is 16.6. The van der Waals surface area contributed by atoms with E-state index in [0.717, 1.165) is 51.4 Å². The van der Waals surface area contributed by atoms with Gasteiger partial charge in [-0.3, -0.25) is 9.59 Å². The van der Waals surface area contributed by atoms with Crippen LogP contribution in [0.3, 0.4) is 0 Å². The summed E-state index contributed by atoms with van der Waals surface area (Å²) in [7, 11) is 5.33. The van der Waals surface area contributed by atoms with Crippen molar-refractivity contribution in [3.8, 4) is 0 Å². The fourth-order valence-corrected chi connectivity index (χ4v) is 4.45. The number of carbonyl (C=O) groups is 3. The number of esters is 2. The summed E-state index contributed by atoms with van der Waals surface area (Å²) in [6, 6.07) is -0.752. The van der Waals surface area contributed by atoms with Crippen LogP contribution in [0.4, 0.5) is 0 Å². The van der Waals surface area contributed by atoms with E-state index >= 15 is 0 Å². The normalized spacial score (nSPS) is 14.2. The third kappa shape index (κ3) is 30.3. The molecule has 0 rings (SSSR count). The van der Waals surface area contributed by atoms with Gasteiger partial charge in [0.05, 0.1) is 40.3 Å². The lowest BCUT2D eigenvalue weighted by Gasteiger charge is -2.34. The first-order valence-electron chi connectivity index (χ1n) is 18.3. The van der Waals surface area contributed by atoms with Crippen LogP contribution >= 0.6 is 0 Å². The second kappa shape index (κ2) is 32.5. The number of carboxylic acids is 1. The fraction of sp³-hybridized carbons (Fsp3) is 0.548. The van der Waals surface area contributed by atoms with Gasteiger partial charge in [-0.25, -0.2) is 0 Å². The Morgan fingerprint density at radius 1 is 0.580 bits per heavy atom. The largest absolute Gasteiger partial charge is 0.544 e. The van der Waals surface area contributed by atoms with Crippen LogP contribution in [0, 0.1) is 0 Å². The molecule has 0 aliphatic rings. The molecule has 0 aliphatic heterocycles. The van der Waals surface area contributed by atoms with Gasteiger partial charge in [0.1, 0.15) is 12.6 Å². The van der Waals surface area contributed by atoms with E-state index in [9.17, 15) is 19.5 Å². The zero-order chi connectivity index (χ0) is 37.1. The number of allylic oxidation sites excluding steroid dienone is 16. The van der Waals surface area contributed by atoms with Gasteiger partial charge in [-0.1, -0.05) is 111 Å². The maximum atomic E-state index is 12.6. The van der Waals surface area contributed by atoms with E-state index in [2.05, 4.69) is 86.8 Å². The Labute approximate surface area is 303 Å². The van der Waals surface area contributed by atoms with Gasteiger partial charge < -0.3 is 28.6 Å². The van der Waals surface area contributed by atoms with E-state index in [1.54, 1.807) is 21.1 Å². The number of nitrogens with zero attached hydrogens (tertiary/aromatic N) is 1. The van der Waals surface area contributed by atoms with Crippen molar-refractivity contribution >= 4 is 17.9 Å². The average Bonchev–Trinajstić information content (AvgIpc) is 3.06. The van der Waals surface area contributed by atoms with Crippen LogP contribution < -0.4 is 5.11 Å². The maximum absolute atomic E-state index is 12.6. The van der Waals surface area contributed by atoms with Gasteiger partial charge >= 0.3 is 11.9 Å². The second-order valence-corrected chi connectivity index (χ2v) is 12.7. The van der Waals surface area contributed by atoms with E-state index in [-0.39, 0.29) is 43.6 Å². The van der Waals surface area contributed by atoms with Crippen molar-refractivity contribution in [3.05, 3.63) is 97.2 Å². The predicted octanol–water partition coefficient (Wildman–Crippen LogP) is 7.84. The van der Waals surface area contributed by atoms with Crippen LogP contribution in [0.1, 0.15) is 97.3 Å². The SMILES string of the molecule is CC/C=C\C/C=C\C/C=C\C/C=C\CCC(=O)OCC(COCCC(C(=O)[O-])[N+](C)(C)C)OC(=O)CC/C=C\C/C=C\C/C=C\C/C=C\CC. The van der Waals surface area contributed by atoms with Crippen LogP contribution in [-0.4, -0.2) is 75.5 Å². The van der Waals surface area contributed by atoms with E-state index in [4.69, 9.17) is 14.2 Å². The van der Waals surface area contributed by atoms with Crippen molar-refractivity contribution in [2.24, 2.45) is 0 Å². The minimum atomic E-state index is -1.15. The van der Waals surface area contributed by atoms with E-state index in [1.807, 2.05) is 24.3 Å². The summed E-state index contributed by atoms with van der Waals surface area (Å²) in [5, 5.41) is 11.6. The number of hydrogen-bond acceptors (Lipinski definition) is 7. The molecular formula is C42H65NO7. The molecule has 0 N–H and O–H groups in total. The Morgan fingerprint density at radius 3 is 1.38 bits per heavy atom. The summed E-state index contributed by atoms with van der Waals surface area (Å²) in [4.78, 5) is 36.5. The Kier molecular flexibility index (Phi) is 30.0. The first kappa shape index (κ1) is 46.2. The number of hydrogen-bond donors (Lipinski definition) is 0. The van der Waals surface area contributed by atoms with Gasteiger partial charge in [-0.2, -0.15) is 0 Å². The minimum absolute atomic E-state index is 0.0171. The summed E-state index contributed by atoms with van der Waals surface area (Å²) in [5.41, 5.74) is 0. The number of ether oxygens (including phenoxy) is 3. The number of aliphatic carboxylic acids is 1. The molecule has 0 saturated heterocycles. The molecule has 0 aromatic rings. The fourth-order valence-electron chi connectivity index (χ4n) is 4.45. The second-order valence-electron chi connectivity index (χ2n) is 12.7. The molecule has 0 aliphatic carbocycles. The van der Waals surface area contributed by atoms with E-state index in [1.165, 1.54) is 0 Å². The molecule has 280 valence electrons. The quantitative estimate of drug-likeness (QED) is 0.0327.